The standard InChI is InChI=1S/C5H13N3O4S/c6-1-2-8-13(11,12)4-3-7-5(9)10/h7-8H,1-4,6H2,(H,9,10). The summed E-state index contributed by atoms with van der Waals surface area (Å²) in [6.07, 6.45) is -1.24. The quantitative estimate of drug-likeness (QED) is 0.410. The maximum atomic E-state index is 11.0. The van der Waals surface area contributed by atoms with E-state index in [0.717, 1.165) is 0 Å². The molecule has 0 atom stereocenters. The largest absolute Gasteiger partial charge is 0.465 e. The van der Waals surface area contributed by atoms with Gasteiger partial charge in [-0.05, 0) is 0 Å². The SMILES string of the molecule is NCCNS(=O)(=O)CCNC(=O)O. The monoisotopic (exact) mass is 211 g/mol. The molecule has 0 aromatic carbocycles. The Hall–Kier alpha value is -0.860. The predicted octanol–water partition coefficient (Wildman–Crippen LogP) is -1.87. The van der Waals surface area contributed by atoms with Crippen molar-refractivity contribution in [3.05, 3.63) is 0 Å². The van der Waals surface area contributed by atoms with Gasteiger partial charge in [-0.25, -0.2) is 17.9 Å². The molecule has 0 heterocycles. The van der Waals surface area contributed by atoms with Gasteiger partial charge in [-0.2, -0.15) is 0 Å². The molecule has 0 aromatic rings. The molecule has 0 aliphatic heterocycles. The van der Waals surface area contributed by atoms with E-state index in [2.05, 4.69) is 4.72 Å². The molecule has 7 nitrogen and oxygen atoms in total. The van der Waals surface area contributed by atoms with Gasteiger partial charge in [0.25, 0.3) is 0 Å². The van der Waals surface area contributed by atoms with E-state index in [1.807, 2.05) is 5.32 Å². The molecule has 13 heavy (non-hydrogen) atoms. The average molecular weight is 211 g/mol. The molecule has 0 aliphatic rings. The molecule has 5 N–H and O–H groups in total. The summed E-state index contributed by atoms with van der Waals surface area (Å²) >= 11 is 0. The summed E-state index contributed by atoms with van der Waals surface area (Å²) in [6, 6.07) is 0. The normalized spacial score (nSPS) is 11.2. The molecular formula is C5H13N3O4S. The van der Waals surface area contributed by atoms with Crippen LogP contribution in [0.3, 0.4) is 0 Å². The van der Waals surface area contributed by atoms with Gasteiger partial charge in [-0.1, -0.05) is 0 Å². The summed E-state index contributed by atoms with van der Waals surface area (Å²) in [5.41, 5.74) is 5.08. The van der Waals surface area contributed by atoms with Crippen molar-refractivity contribution in [2.24, 2.45) is 5.73 Å². The maximum Gasteiger partial charge on any atom is 0.404 e. The summed E-state index contributed by atoms with van der Waals surface area (Å²) in [5, 5.41) is 10.1. The minimum Gasteiger partial charge on any atom is -0.465 e. The topological polar surface area (TPSA) is 122 Å². The Morgan fingerprint density at radius 1 is 1.38 bits per heavy atom. The average Bonchev–Trinajstić information content (AvgIpc) is 2.00. The van der Waals surface area contributed by atoms with Crippen LogP contribution in [0.2, 0.25) is 0 Å². The van der Waals surface area contributed by atoms with Crippen LogP contribution >= 0.6 is 0 Å². The van der Waals surface area contributed by atoms with E-state index in [0.29, 0.717) is 0 Å². The molecule has 0 spiro atoms. The summed E-state index contributed by atoms with van der Waals surface area (Å²) in [7, 11) is -3.40. The fraction of sp³-hybridized carbons (Fsp3) is 0.800. The second-order valence-corrected chi connectivity index (χ2v) is 4.16. The van der Waals surface area contributed by atoms with Crippen molar-refractivity contribution in [2.45, 2.75) is 0 Å². The smallest absolute Gasteiger partial charge is 0.404 e. The second-order valence-electron chi connectivity index (χ2n) is 2.23. The van der Waals surface area contributed by atoms with Crippen molar-refractivity contribution in [2.75, 3.05) is 25.4 Å². The van der Waals surface area contributed by atoms with Crippen LogP contribution < -0.4 is 15.8 Å². The van der Waals surface area contributed by atoms with Crippen molar-refractivity contribution >= 4 is 16.1 Å². The van der Waals surface area contributed by atoms with Gasteiger partial charge in [0.2, 0.25) is 10.0 Å². The van der Waals surface area contributed by atoms with Gasteiger partial charge in [0.05, 0.1) is 5.75 Å². The Morgan fingerprint density at radius 3 is 2.46 bits per heavy atom. The maximum absolute atomic E-state index is 11.0. The predicted molar refractivity (Wildman–Crippen MR) is 46.9 cm³/mol. The van der Waals surface area contributed by atoms with Crippen LogP contribution in [-0.2, 0) is 10.0 Å². The van der Waals surface area contributed by atoms with E-state index in [1.54, 1.807) is 0 Å². The van der Waals surface area contributed by atoms with Gasteiger partial charge in [-0.15, -0.1) is 0 Å². The van der Waals surface area contributed by atoms with Crippen molar-refractivity contribution in [3.63, 3.8) is 0 Å². The van der Waals surface area contributed by atoms with E-state index in [4.69, 9.17) is 10.8 Å². The molecule has 0 aliphatic carbocycles. The number of sulfonamides is 1. The van der Waals surface area contributed by atoms with E-state index >= 15 is 0 Å². The lowest BCUT2D eigenvalue weighted by Crippen LogP contribution is -2.35. The molecule has 1 amide bonds. The van der Waals surface area contributed by atoms with E-state index in [1.165, 1.54) is 0 Å². The number of hydrogen-bond acceptors (Lipinski definition) is 4. The van der Waals surface area contributed by atoms with Crippen molar-refractivity contribution in [1.82, 2.24) is 10.0 Å². The summed E-state index contributed by atoms with van der Waals surface area (Å²) in [5.74, 6) is -0.278. The number of rotatable bonds is 6. The molecule has 0 aromatic heterocycles. The zero-order valence-electron chi connectivity index (χ0n) is 6.99. The first-order chi connectivity index (χ1) is 5.98. The molecule has 0 radical (unpaired) electrons. The molecule has 8 heteroatoms. The van der Waals surface area contributed by atoms with Crippen molar-refractivity contribution in [1.29, 1.82) is 0 Å². The molecule has 0 saturated carbocycles. The highest BCUT2D eigenvalue weighted by molar-refractivity contribution is 7.89. The number of amides is 1. The van der Waals surface area contributed by atoms with Gasteiger partial charge in [0, 0.05) is 19.6 Å². The minimum absolute atomic E-state index is 0.130. The number of carbonyl (C=O) groups is 1. The molecule has 78 valence electrons. The lowest BCUT2D eigenvalue weighted by atomic mass is 10.7. The van der Waals surface area contributed by atoms with Gasteiger partial charge in [0.15, 0.2) is 0 Å². The van der Waals surface area contributed by atoms with Crippen LogP contribution in [0.1, 0.15) is 0 Å². The number of nitrogens with one attached hydrogen (secondary N) is 2. The molecule has 0 saturated heterocycles. The Morgan fingerprint density at radius 2 is 2.00 bits per heavy atom. The Bertz CT molecular complexity index is 251. The van der Waals surface area contributed by atoms with Crippen LogP contribution in [0.5, 0.6) is 0 Å². The van der Waals surface area contributed by atoms with Crippen LogP contribution in [0, 0.1) is 0 Å². The second kappa shape index (κ2) is 5.73. The van der Waals surface area contributed by atoms with E-state index in [9.17, 15) is 13.2 Å². The molecule has 0 rings (SSSR count). The minimum atomic E-state index is -3.40. The van der Waals surface area contributed by atoms with Gasteiger partial charge in [0.1, 0.15) is 0 Å². The highest BCUT2D eigenvalue weighted by Crippen LogP contribution is 1.80. The van der Waals surface area contributed by atoms with Crippen molar-refractivity contribution < 1.29 is 18.3 Å². The Kier molecular flexibility index (Phi) is 5.35. The molecular weight excluding hydrogens is 198 g/mol. The third-order valence-corrected chi connectivity index (χ3v) is 2.50. The number of nitrogens with two attached hydrogens (primary N) is 1. The van der Waals surface area contributed by atoms with Crippen LogP contribution in [-0.4, -0.2) is 45.0 Å². The van der Waals surface area contributed by atoms with Gasteiger partial charge < -0.3 is 16.2 Å². The fourth-order valence-electron chi connectivity index (χ4n) is 0.579. The van der Waals surface area contributed by atoms with E-state index in [-0.39, 0.29) is 25.4 Å². The first-order valence-corrected chi connectivity index (χ1v) is 5.27. The van der Waals surface area contributed by atoms with Crippen molar-refractivity contribution in [3.8, 4) is 0 Å². The van der Waals surface area contributed by atoms with Crippen LogP contribution in [0.4, 0.5) is 4.79 Å². The highest BCUT2D eigenvalue weighted by Gasteiger charge is 2.08. The third-order valence-electron chi connectivity index (χ3n) is 1.11. The zero-order valence-corrected chi connectivity index (χ0v) is 7.80. The fourth-order valence-corrected chi connectivity index (χ4v) is 1.52. The Labute approximate surface area is 76.4 Å². The van der Waals surface area contributed by atoms with Gasteiger partial charge in [-0.3, -0.25) is 0 Å². The molecule has 0 fully saturated rings. The van der Waals surface area contributed by atoms with Crippen LogP contribution in [0.25, 0.3) is 0 Å². The van der Waals surface area contributed by atoms with E-state index < -0.39 is 16.1 Å². The summed E-state index contributed by atoms with van der Waals surface area (Å²) in [4.78, 5) is 9.95. The Balaban J connectivity index is 3.70. The molecule has 0 bridgehead atoms. The first kappa shape index (κ1) is 12.1. The number of hydrogen-bond donors (Lipinski definition) is 4. The molecule has 0 unspecified atom stereocenters. The highest BCUT2D eigenvalue weighted by atomic mass is 32.2. The van der Waals surface area contributed by atoms with Gasteiger partial charge >= 0.3 is 6.09 Å². The lowest BCUT2D eigenvalue weighted by Gasteiger charge is -2.04. The summed E-state index contributed by atoms with van der Waals surface area (Å²) < 4.78 is 24.1. The summed E-state index contributed by atoms with van der Waals surface area (Å²) in [6.45, 7) is 0.246. The lowest BCUT2D eigenvalue weighted by molar-refractivity contribution is 0.195. The third kappa shape index (κ3) is 7.50. The zero-order chi connectivity index (χ0) is 10.3. The number of carboxylic acid groups (broad SMARTS) is 1. The first-order valence-electron chi connectivity index (χ1n) is 3.62. The van der Waals surface area contributed by atoms with Crippen LogP contribution in [0.15, 0.2) is 0 Å².